The number of benzene rings is 2. The molecule has 4 rings (SSSR count). The molecule has 0 spiro atoms. The van der Waals surface area contributed by atoms with Gasteiger partial charge >= 0.3 is 0 Å². The summed E-state index contributed by atoms with van der Waals surface area (Å²) in [7, 11) is 1.49. The minimum atomic E-state index is -0.789. The Balaban J connectivity index is 1.63. The van der Waals surface area contributed by atoms with Crippen LogP contribution >= 0.6 is 0 Å². The molecule has 1 aliphatic carbocycles. The molecule has 0 unspecified atom stereocenters. The van der Waals surface area contributed by atoms with E-state index in [1.807, 2.05) is 10.9 Å². The second-order valence-electron chi connectivity index (χ2n) is 7.71. The molecule has 0 bridgehead atoms. The van der Waals surface area contributed by atoms with Gasteiger partial charge in [0.1, 0.15) is 17.4 Å². The molecular formula is C22H23F2N3O2. The summed E-state index contributed by atoms with van der Waals surface area (Å²) in [6.07, 6.45) is 6.52. The number of amides is 1. The lowest BCUT2D eigenvalue weighted by Gasteiger charge is -2.26. The maximum atomic E-state index is 13.9. The van der Waals surface area contributed by atoms with Crippen LogP contribution in [0.2, 0.25) is 0 Å². The summed E-state index contributed by atoms with van der Waals surface area (Å²) in [4.78, 5) is 12.5. The topological polar surface area (TPSA) is 56.1 Å². The molecule has 0 aliphatic heterocycles. The number of ether oxygens (including phenoxy) is 1. The van der Waals surface area contributed by atoms with E-state index < -0.39 is 17.5 Å². The van der Waals surface area contributed by atoms with Gasteiger partial charge in [-0.25, -0.2) is 8.78 Å². The van der Waals surface area contributed by atoms with Gasteiger partial charge in [-0.2, -0.15) is 5.10 Å². The molecule has 3 aromatic rings. The molecule has 1 aliphatic rings. The lowest BCUT2D eigenvalue weighted by molar-refractivity contribution is 0.102. The fourth-order valence-corrected chi connectivity index (χ4v) is 3.89. The van der Waals surface area contributed by atoms with Gasteiger partial charge in [0, 0.05) is 17.6 Å². The van der Waals surface area contributed by atoms with Crippen LogP contribution in [0.4, 0.5) is 14.5 Å². The minimum absolute atomic E-state index is 0.362. The van der Waals surface area contributed by atoms with E-state index >= 15 is 0 Å². The lowest BCUT2D eigenvalue weighted by atomic mass is 9.87. The molecular weight excluding hydrogens is 376 g/mol. The summed E-state index contributed by atoms with van der Waals surface area (Å²) in [5.41, 5.74) is 0.778. The Bertz CT molecular complexity index is 1060. The average Bonchev–Trinajstić information content (AvgIpc) is 3.12. The first kappa shape index (κ1) is 19.4. The van der Waals surface area contributed by atoms with Crippen molar-refractivity contribution in [1.29, 1.82) is 0 Å². The van der Waals surface area contributed by atoms with Crippen molar-refractivity contribution in [1.82, 2.24) is 9.78 Å². The third-order valence-corrected chi connectivity index (χ3v) is 5.62. The van der Waals surface area contributed by atoms with Crippen LogP contribution in [0.5, 0.6) is 5.75 Å². The molecule has 1 amide bonds. The number of methoxy groups -OCH3 is 1. The monoisotopic (exact) mass is 399 g/mol. The van der Waals surface area contributed by atoms with Gasteiger partial charge in [0.2, 0.25) is 0 Å². The van der Waals surface area contributed by atoms with Gasteiger partial charge in [0.15, 0.2) is 0 Å². The van der Waals surface area contributed by atoms with Crippen LogP contribution < -0.4 is 10.1 Å². The third-order valence-electron chi connectivity index (χ3n) is 5.62. The highest BCUT2D eigenvalue weighted by Gasteiger charge is 2.21. The molecule has 5 nitrogen and oxygen atoms in total. The van der Waals surface area contributed by atoms with E-state index in [4.69, 9.17) is 4.74 Å². The molecule has 1 fully saturated rings. The van der Waals surface area contributed by atoms with Gasteiger partial charge < -0.3 is 10.1 Å². The Hall–Kier alpha value is -2.96. The number of nitrogens with one attached hydrogen (secondary N) is 1. The molecule has 1 saturated carbocycles. The molecule has 7 heteroatoms. The van der Waals surface area contributed by atoms with Crippen molar-refractivity contribution in [2.75, 3.05) is 12.4 Å². The van der Waals surface area contributed by atoms with E-state index in [1.54, 1.807) is 12.1 Å². The zero-order valence-corrected chi connectivity index (χ0v) is 16.4. The third kappa shape index (κ3) is 3.95. The van der Waals surface area contributed by atoms with Crippen molar-refractivity contribution in [2.45, 2.75) is 38.6 Å². The van der Waals surface area contributed by atoms with E-state index in [0.717, 1.165) is 47.9 Å². The Kier molecular flexibility index (Phi) is 5.22. The smallest absolute Gasteiger partial charge is 0.258 e. The Morgan fingerprint density at radius 2 is 1.93 bits per heavy atom. The fraction of sp³-hybridized carbons (Fsp3) is 0.364. The number of fused-ring (bicyclic) bond motifs is 1. The Morgan fingerprint density at radius 3 is 2.66 bits per heavy atom. The quantitative estimate of drug-likeness (QED) is 0.645. The average molecular weight is 399 g/mol. The van der Waals surface area contributed by atoms with Crippen molar-refractivity contribution in [3.05, 3.63) is 53.7 Å². The number of anilines is 1. The maximum absolute atomic E-state index is 13.9. The number of nitrogens with zero attached hydrogens (tertiary/aromatic N) is 2. The molecule has 152 valence electrons. The normalized spacial score (nSPS) is 19.3. The molecule has 0 saturated heterocycles. The van der Waals surface area contributed by atoms with Crippen molar-refractivity contribution < 1.29 is 18.3 Å². The van der Waals surface area contributed by atoms with Gasteiger partial charge in [-0.15, -0.1) is 0 Å². The fourth-order valence-electron chi connectivity index (χ4n) is 3.89. The second-order valence-corrected chi connectivity index (χ2v) is 7.71. The molecule has 29 heavy (non-hydrogen) atoms. The number of hydrogen-bond donors (Lipinski definition) is 1. The predicted octanol–water partition coefficient (Wildman–Crippen LogP) is 5.33. The van der Waals surface area contributed by atoms with E-state index in [-0.39, 0.29) is 5.56 Å². The molecule has 2 aromatic carbocycles. The maximum Gasteiger partial charge on any atom is 0.258 e. The molecule has 0 atom stereocenters. The molecule has 1 heterocycles. The van der Waals surface area contributed by atoms with Crippen molar-refractivity contribution >= 4 is 22.5 Å². The Labute approximate surface area is 167 Å². The van der Waals surface area contributed by atoms with Gasteiger partial charge in [0.25, 0.3) is 5.91 Å². The number of aromatic nitrogens is 2. The van der Waals surface area contributed by atoms with Crippen LogP contribution in [-0.4, -0.2) is 22.8 Å². The first-order valence-corrected chi connectivity index (χ1v) is 9.78. The van der Waals surface area contributed by atoms with Crippen molar-refractivity contribution in [3.63, 3.8) is 0 Å². The predicted molar refractivity (Wildman–Crippen MR) is 107 cm³/mol. The standard InChI is InChI=1S/C22H23F2N3O2/c1-13-3-6-16(7-4-13)27-12-14-9-20(21(29-2)11-19(14)26-27)25-22(28)17-10-15(23)5-8-18(17)24/h5,8-13,16H,3-4,6-7H2,1-2H3,(H,25,28). The van der Waals surface area contributed by atoms with Crippen LogP contribution in [0, 0.1) is 17.6 Å². The Morgan fingerprint density at radius 1 is 1.17 bits per heavy atom. The van der Waals surface area contributed by atoms with Gasteiger partial charge in [-0.1, -0.05) is 6.92 Å². The van der Waals surface area contributed by atoms with Crippen LogP contribution in [0.3, 0.4) is 0 Å². The van der Waals surface area contributed by atoms with E-state index in [9.17, 15) is 13.6 Å². The van der Waals surface area contributed by atoms with E-state index in [2.05, 4.69) is 17.3 Å². The summed E-state index contributed by atoms with van der Waals surface area (Å²) in [6.45, 7) is 2.27. The summed E-state index contributed by atoms with van der Waals surface area (Å²) in [5.74, 6) is -1.05. The lowest BCUT2D eigenvalue weighted by Crippen LogP contribution is -2.16. The van der Waals surface area contributed by atoms with Crippen molar-refractivity contribution in [3.8, 4) is 5.75 Å². The number of carbonyl (C=O) groups is 1. The van der Waals surface area contributed by atoms with Crippen LogP contribution in [0.1, 0.15) is 49.0 Å². The van der Waals surface area contributed by atoms with Crippen LogP contribution in [0.25, 0.3) is 10.9 Å². The number of rotatable bonds is 4. The molecule has 1 N–H and O–H groups in total. The molecule has 0 radical (unpaired) electrons. The summed E-state index contributed by atoms with van der Waals surface area (Å²) in [5, 5.41) is 8.16. The van der Waals surface area contributed by atoms with Crippen LogP contribution in [0.15, 0.2) is 36.5 Å². The SMILES string of the molecule is COc1cc2nn(C3CCC(C)CC3)cc2cc1NC(=O)c1cc(F)ccc1F. The summed E-state index contributed by atoms with van der Waals surface area (Å²) >= 11 is 0. The van der Waals surface area contributed by atoms with Gasteiger partial charge in [0.05, 0.1) is 29.9 Å². The highest BCUT2D eigenvalue weighted by Crippen LogP contribution is 2.35. The van der Waals surface area contributed by atoms with Gasteiger partial charge in [-0.05, 0) is 55.9 Å². The minimum Gasteiger partial charge on any atom is -0.494 e. The van der Waals surface area contributed by atoms with E-state index in [1.165, 1.54) is 20.0 Å². The highest BCUT2D eigenvalue weighted by molar-refractivity contribution is 6.06. The first-order valence-electron chi connectivity index (χ1n) is 9.78. The zero-order valence-electron chi connectivity index (χ0n) is 16.4. The van der Waals surface area contributed by atoms with Crippen LogP contribution in [-0.2, 0) is 0 Å². The largest absolute Gasteiger partial charge is 0.494 e. The number of halogens is 2. The van der Waals surface area contributed by atoms with E-state index in [0.29, 0.717) is 17.5 Å². The first-order chi connectivity index (χ1) is 13.9. The molecule has 1 aromatic heterocycles. The number of hydrogen-bond acceptors (Lipinski definition) is 3. The zero-order chi connectivity index (χ0) is 20.5. The summed E-state index contributed by atoms with van der Waals surface area (Å²) < 4.78 is 34.7. The summed E-state index contributed by atoms with van der Waals surface area (Å²) in [6, 6.07) is 6.63. The second kappa shape index (κ2) is 7.81. The highest BCUT2D eigenvalue weighted by atomic mass is 19.1. The van der Waals surface area contributed by atoms with Crippen molar-refractivity contribution in [2.24, 2.45) is 5.92 Å². The van der Waals surface area contributed by atoms with Gasteiger partial charge in [-0.3, -0.25) is 9.48 Å². The number of carbonyl (C=O) groups excluding carboxylic acids is 1.